The summed E-state index contributed by atoms with van der Waals surface area (Å²) in [5, 5.41) is 9.50. The molecule has 21 heteroatoms. The average Bonchev–Trinajstić information content (AvgIpc) is 3.06. The maximum Gasteiger partial charge on any atom is 0.534 e. The minimum Gasteiger partial charge on any atom is -0.508 e. The van der Waals surface area contributed by atoms with Crippen molar-refractivity contribution in [2.24, 2.45) is 0 Å². The number of aryl methyl sites for hydroxylation is 4. The van der Waals surface area contributed by atoms with Crippen molar-refractivity contribution >= 4 is 30.4 Å². The van der Waals surface area contributed by atoms with E-state index < -0.39 is 46.9 Å². The molecule has 0 aliphatic carbocycles. The summed E-state index contributed by atoms with van der Waals surface area (Å²) in [6, 6.07) is 26.6. The SMILES string of the molecule is CCCc1ccc(-c2ccc(O)c(C)c2)cc1.CCCc1ccc(-c2ccc(OS(=O)(=O)C(F)(F)F)c(C)c2)cc1.O=S(=O)(OS(=O)(=O)C(F)(F)F)C(F)(F)F. The fourth-order valence-electron chi connectivity index (χ4n) is 4.42. The van der Waals surface area contributed by atoms with Gasteiger partial charge in [0.05, 0.1) is 0 Å². The summed E-state index contributed by atoms with van der Waals surface area (Å²) in [5.74, 6) is 0.0232. The largest absolute Gasteiger partial charge is 0.534 e. The highest BCUT2D eigenvalue weighted by molar-refractivity contribution is 8.00. The van der Waals surface area contributed by atoms with Gasteiger partial charge in [-0.05, 0) is 95.5 Å². The molecule has 310 valence electrons. The first kappa shape index (κ1) is 47.8. The Bertz CT molecular complexity index is 2210. The second kappa shape index (κ2) is 18.7. The van der Waals surface area contributed by atoms with E-state index in [9.17, 15) is 69.9 Å². The van der Waals surface area contributed by atoms with Gasteiger partial charge in [0.2, 0.25) is 0 Å². The maximum absolute atomic E-state index is 12.4. The highest BCUT2D eigenvalue weighted by Gasteiger charge is 2.57. The van der Waals surface area contributed by atoms with Crippen LogP contribution in [0.5, 0.6) is 11.5 Å². The summed E-state index contributed by atoms with van der Waals surface area (Å²) in [6.07, 6.45) is 4.33. The fraction of sp³-hybridized carbons (Fsp3) is 0.314. The standard InChI is InChI=1S/C17H17F3O3S.C16H18O.C2F6O5S2/c1-3-4-13-5-7-14(8-6-13)15-9-10-16(12(2)11-15)23-24(21,22)17(18,19)20;1-3-4-13-5-7-14(8-6-13)15-9-10-16(17)12(2)11-15;3-1(4,5)14(9,10)13-15(11,12)2(6,7)8/h5-11H,3-4H2,1-2H3;5-11,17H,3-4H2,1-2H3;. The third-order valence-corrected chi connectivity index (χ3v) is 10.8. The van der Waals surface area contributed by atoms with E-state index in [2.05, 4.69) is 42.3 Å². The van der Waals surface area contributed by atoms with Gasteiger partial charge >= 0.3 is 46.9 Å². The number of hydrogen-bond acceptors (Lipinski definition) is 9. The van der Waals surface area contributed by atoms with Gasteiger partial charge in [-0.1, -0.05) is 87.4 Å². The molecule has 1 N–H and O–H groups in total. The quantitative estimate of drug-likeness (QED) is 0.0937. The lowest BCUT2D eigenvalue weighted by Gasteiger charge is -2.12. The van der Waals surface area contributed by atoms with Crippen molar-refractivity contribution in [3.63, 3.8) is 0 Å². The van der Waals surface area contributed by atoms with Crippen molar-refractivity contribution in [2.75, 3.05) is 0 Å². The number of halogens is 9. The Kier molecular flexibility index (Phi) is 16.0. The van der Waals surface area contributed by atoms with Gasteiger partial charge in [0.25, 0.3) is 0 Å². The molecule has 0 saturated heterocycles. The monoisotopic (exact) mass is 866 g/mol. The Hall–Kier alpha value is -4.34. The van der Waals surface area contributed by atoms with Crippen molar-refractivity contribution in [1.29, 1.82) is 0 Å². The van der Waals surface area contributed by atoms with E-state index in [0.717, 1.165) is 41.5 Å². The zero-order valence-corrected chi connectivity index (χ0v) is 32.2. The third-order valence-electron chi connectivity index (χ3n) is 7.25. The highest BCUT2D eigenvalue weighted by Crippen LogP contribution is 2.33. The molecule has 0 aliphatic rings. The molecule has 9 nitrogen and oxygen atoms in total. The Morgan fingerprint density at radius 3 is 1.16 bits per heavy atom. The molecule has 0 fully saturated rings. The van der Waals surface area contributed by atoms with Crippen molar-refractivity contribution in [1.82, 2.24) is 0 Å². The van der Waals surface area contributed by atoms with E-state index in [4.69, 9.17) is 0 Å². The Balaban J connectivity index is 0.000000301. The van der Waals surface area contributed by atoms with Crippen molar-refractivity contribution in [3.05, 3.63) is 107 Å². The lowest BCUT2D eigenvalue weighted by molar-refractivity contribution is -0.0586. The van der Waals surface area contributed by atoms with Crippen LogP contribution in [0.25, 0.3) is 22.3 Å². The molecule has 0 spiro atoms. The molecule has 0 radical (unpaired) electrons. The second-order valence-corrected chi connectivity index (χ2v) is 16.6. The van der Waals surface area contributed by atoms with Crippen LogP contribution in [0.1, 0.15) is 48.9 Å². The van der Waals surface area contributed by atoms with Crippen molar-refractivity contribution < 1.29 is 77.7 Å². The number of phenols is 1. The topological polar surface area (TPSA) is 141 Å². The van der Waals surface area contributed by atoms with E-state index in [0.29, 0.717) is 11.3 Å². The second-order valence-electron chi connectivity index (χ2n) is 11.7. The van der Waals surface area contributed by atoms with E-state index in [1.54, 1.807) is 12.1 Å². The normalized spacial score (nSPS) is 12.5. The summed E-state index contributed by atoms with van der Waals surface area (Å²) in [7, 11) is -19.4. The summed E-state index contributed by atoms with van der Waals surface area (Å²) >= 11 is 0. The van der Waals surface area contributed by atoms with Crippen LogP contribution < -0.4 is 4.18 Å². The van der Waals surface area contributed by atoms with Crippen molar-refractivity contribution in [2.45, 2.75) is 69.9 Å². The van der Waals surface area contributed by atoms with Crippen LogP contribution in [0.4, 0.5) is 39.5 Å². The van der Waals surface area contributed by atoms with Gasteiger partial charge in [0, 0.05) is 0 Å². The van der Waals surface area contributed by atoms with Crippen LogP contribution in [0.15, 0.2) is 84.9 Å². The molecule has 4 rings (SSSR count). The van der Waals surface area contributed by atoms with Gasteiger partial charge in [-0.2, -0.15) is 64.8 Å². The first-order valence-electron chi connectivity index (χ1n) is 16.0. The number of rotatable bonds is 10. The van der Waals surface area contributed by atoms with E-state index in [-0.39, 0.29) is 5.75 Å². The van der Waals surface area contributed by atoms with Crippen LogP contribution >= 0.6 is 0 Å². The Morgan fingerprint density at radius 1 is 0.500 bits per heavy atom. The number of aromatic hydroxyl groups is 1. The Morgan fingerprint density at radius 2 is 0.839 bits per heavy atom. The van der Waals surface area contributed by atoms with Gasteiger partial charge in [-0.3, -0.25) is 0 Å². The van der Waals surface area contributed by atoms with E-state index >= 15 is 0 Å². The lowest BCUT2D eigenvalue weighted by atomic mass is 10.0. The van der Waals surface area contributed by atoms with Crippen LogP contribution in [0, 0.1) is 13.8 Å². The molecule has 4 aromatic rings. The molecule has 56 heavy (non-hydrogen) atoms. The average molecular weight is 867 g/mol. The number of benzene rings is 4. The predicted octanol–water partition coefficient (Wildman–Crippen LogP) is 9.87. The van der Waals surface area contributed by atoms with Crippen LogP contribution in [-0.2, 0) is 46.8 Å². The lowest BCUT2D eigenvalue weighted by Crippen LogP contribution is -2.34. The summed E-state index contributed by atoms with van der Waals surface area (Å²) in [6.45, 7) is 7.70. The predicted molar refractivity (Wildman–Crippen MR) is 190 cm³/mol. The summed E-state index contributed by atoms with van der Waals surface area (Å²) in [4.78, 5) is 0. The minimum atomic E-state index is -6.85. The Labute approximate surface area is 318 Å². The first-order valence-corrected chi connectivity index (χ1v) is 20.2. The molecule has 0 unspecified atom stereocenters. The van der Waals surface area contributed by atoms with Crippen LogP contribution in [-0.4, -0.2) is 46.9 Å². The number of alkyl halides is 9. The van der Waals surface area contributed by atoms with E-state index in [1.165, 1.54) is 42.2 Å². The summed E-state index contributed by atoms with van der Waals surface area (Å²) < 4.78 is 174. The van der Waals surface area contributed by atoms with Crippen molar-refractivity contribution in [3.8, 4) is 33.8 Å². The minimum absolute atomic E-state index is 0.304. The smallest absolute Gasteiger partial charge is 0.508 e. The molecule has 4 aromatic carbocycles. The molecular formula is C35H35F9O9S3. The maximum atomic E-state index is 12.4. The molecule has 0 saturated carbocycles. The zero-order chi connectivity index (χ0) is 42.9. The van der Waals surface area contributed by atoms with Gasteiger partial charge in [0.15, 0.2) is 0 Å². The molecular weight excluding hydrogens is 832 g/mol. The van der Waals surface area contributed by atoms with Gasteiger partial charge < -0.3 is 9.29 Å². The van der Waals surface area contributed by atoms with E-state index in [1.807, 2.05) is 47.0 Å². The number of phenolic OH excluding ortho intramolecular Hbond substituents is 1. The molecule has 0 heterocycles. The molecule has 0 atom stereocenters. The van der Waals surface area contributed by atoms with Gasteiger partial charge in [-0.25, -0.2) is 0 Å². The molecule has 0 aliphatic heterocycles. The molecule has 0 amide bonds. The third kappa shape index (κ3) is 13.4. The highest BCUT2D eigenvalue weighted by atomic mass is 32.3. The molecule has 0 bridgehead atoms. The van der Waals surface area contributed by atoms with Crippen LogP contribution in [0.3, 0.4) is 0 Å². The zero-order valence-electron chi connectivity index (χ0n) is 29.8. The van der Waals surface area contributed by atoms with Gasteiger partial charge in [-0.15, -0.1) is 3.63 Å². The van der Waals surface area contributed by atoms with Gasteiger partial charge in [0.1, 0.15) is 11.5 Å². The fourth-order valence-corrected chi connectivity index (χ4v) is 6.50. The first-order chi connectivity index (χ1) is 25.5. The number of hydrogen-bond donors (Lipinski definition) is 1. The summed E-state index contributed by atoms with van der Waals surface area (Å²) in [5.41, 5.74) is -10.1. The molecule has 0 aromatic heterocycles. The van der Waals surface area contributed by atoms with Crippen LogP contribution in [0.2, 0.25) is 0 Å².